The van der Waals surface area contributed by atoms with Crippen LogP contribution in [0.1, 0.15) is 31.1 Å². The van der Waals surface area contributed by atoms with Gasteiger partial charge in [-0.15, -0.1) is 0 Å². The number of nitrogens with zero attached hydrogens (tertiary/aromatic N) is 3. The van der Waals surface area contributed by atoms with Crippen molar-refractivity contribution in [3.63, 3.8) is 0 Å². The molecule has 1 aliphatic rings. The van der Waals surface area contributed by atoms with Crippen molar-refractivity contribution in [2.75, 3.05) is 53.9 Å². The average molecular weight is 321 g/mol. The van der Waals surface area contributed by atoms with Crippen molar-refractivity contribution >= 4 is 5.96 Å². The first-order chi connectivity index (χ1) is 11.2. The summed E-state index contributed by atoms with van der Waals surface area (Å²) in [4.78, 5) is 9.00. The minimum absolute atomic E-state index is 0.271. The molecule has 6 heteroatoms. The molecule has 0 bridgehead atoms. The molecule has 2 N–H and O–H groups in total. The minimum atomic E-state index is 0.271. The lowest BCUT2D eigenvalue weighted by Crippen LogP contribution is -2.43. The SMILES string of the molecule is CN=C(NCCCN(C)C)NCC(c1ccco1)N1CCCC1. The molecule has 1 aromatic heterocycles. The molecule has 0 aromatic carbocycles. The number of aliphatic imine (C=N–C) groups is 1. The van der Waals surface area contributed by atoms with E-state index in [9.17, 15) is 0 Å². The van der Waals surface area contributed by atoms with Crippen molar-refractivity contribution in [3.05, 3.63) is 24.2 Å². The summed E-state index contributed by atoms with van der Waals surface area (Å²) in [6, 6.07) is 4.30. The van der Waals surface area contributed by atoms with Crippen LogP contribution in [0.2, 0.25) is 0 Å². The van der Waals surface area contributed by atoms with E-state index >= 15 is 0 Å². The fraction of sp³-hybridized carbons (Fsp3) is 0.706. The van der Waals surface area contributed by atoms with Crippen LogP contribution in [0, 0.1) is 0 Å². The molecule has 1 fully saturated rings. The number of likely N-dealkylation sites (tertiary alicyclic amines) is 1. The molecule has 1 aromatic rings. The van der Waals surface area contributed by atoms with Gasteiger partial charge in [-0.05, 0) is 65.1 Å². The highest BCUT2D eigenvalue weighted by Crippen LogP contribution is 2.24. The van der Waals surface area contributed by atoms with Gasteiger partial charge in [0.05, 0.1) is 12.3 Å². The first-order valence-electron chi connectivity index (χ1n) is 8.57. The zero-order valence-electron chi connectivity index (χ0n) is 14.7. The number of rotatable bonds is 8. The summed E-state index contributed by atoms with van der Waals surface area (Å²) in [6.07, 6.45) is 5.40. The number of furan rings is 1. The predicted molar refractivity (Wildman–Crippen MR) is 94.8 cm³/mol. The molecule has 2 heterocycles. The van der Waals surface area contributed by atoms with Gasteiger partial charge < -0.3 is 20.0 Å². The summed E-state index contributed by atoms with van der Waals surface area (Å²) in [5.41, 5.74) is 0. The standard InChI is InChI=1S/C17H31N5O/c1-18-17(19-9-7-10-21(2)3)20-14-15(16-8-6-13-23-16)22-11-4-5-12-22/h6,8,13,15H,4-5,7,9-12,14H2,1-3H3,(H2,18,19,20). The second kappa shape index (κ2) is 9.57. The highest BCUT2D eigenvalue weighted by molar-refractivity contribution is 5.79. The van der Waals surface area contributed by atoms with Crippen LogP contribution >= 0.6 is 0 Å². The van der Waals surface area contributed by atoms with Gasteiger partial charge in [0.25, 0.3) is 0 Å². The van der Waals surface area contributed by atoms with Crippen molar-refractivity contribution < 1.29 is 4.42 Å². The Morgan fingerprint density at radius 1 is 1.35 bits per heavy atom. The number of hydrogen-bond acceptors (Lipinski definition) is 4. The van der Waals surface area contributed by atoms with E-state index in [1.54, 1.807) is 6.26 Å². The summed E-state index contributed by atoms with van der Waals surface area (Å²) >= 11 is 0. The summed E-state index contributed by atoms with van der Waals surface area (Å²) in [5.74, 6) is 1.89. The number of guanidine groups is 1. The van der Waals surface area contributed by atoms with Crippen LogP contribution in [0.4, 0.5) is 0 Å². The molecule has 0 spiro atoms. The predicted octanol–water partition coefficient (Wildman–Crippen LogP) is 1.53. The third-order valence-corrected chi connectivity index (χ3v) is 4.21. The van der Waals surface area contributed by atoms with E-state index in [0.717, 1.165) is 50.9 Å². The molecule has 130 valence electrons. The maximum atomic E-state index is 5.65. The van der Waals surface area contributed by atoms with Gasteiger partial charge in [-0.2, -0.15) is 0 Å². The second-order valence-corrected chi connectivity index (χ2v) is 6.31. The molecule has 6 nitrogen and oxygen atoms in total. The van der Waals surface area contributed by atoms with Crippen molar-refractivity contribution in [3.8, 4) is 0 Å². The summed E-state index contributed by atoms with van der Waals surface area (Å²) in [5, 5.41) is 6.83. The quantitative estimate of drug-likeness (QED) is 0.432. The molecular weight excluding hydrogens is 290 g/mol. The monoisotopic (exact) mass is 321 g/mol. The summed E-state index contributed by atoms with van der Waals surface area (Å²) in [6.45, 7) is 5.09. The van der Waals surface area contributed by atoms with Crippen LogP contribution in [0.15, 0.2) is 27.8 Å². The fourth-order valence-corrected chi connectivity index (χ4v) is 2.96. The molecule has 1 aliphatic heterocycles. The molecule has 23 heavy (non-hydrogen) atoms. The van der Waals surface area contributed by atoms with Crippen LogP contribution in [-0.4, -0.2) is 69.6 Å². The van der Waals surface area contributed by atoms with Gasteiger partial charge >= 0.3 is 0 Å². The van der Waals surface area contributed by atoms with E-state index < -0.39 is 0 Å². The summed E-state index contributed by atoms with van der Waals surface area (Å²) < 4.78 is 5.65. The molecule has 2 rings (SSSR count). The zero-order valence-corrected chi connectivity index (χ0v) is 14.7. The molecule has 0 saturated carbocycles. The van der Waals surface area contributed by atoms with Crippen LogP contribution in [0.25, 0.3) is 0 Å². The average Bonchev–Trinajstić information content (AvgIpc) is 3.23. The minimum Gasteiger partial charge on any atom is -0.468 e. The zero-order chi connectivity index (χ0) is 16.5. The van der Waals surface area contributed by atoms with Crippen molar-refractivity contribution in [1.82, 2.24) is 20.4 Å². The van der Waals surface area contributed by atoms with Gasteiger partial charge in [-0.1, -0.05) is 0 Å². The van der Waals surface area contributed by atoms with E-state index in [-0.39, 0.29) is 6.04 Å². The maximum Gasteiger partial charge on any atom is 0.191 e. The topological polar surface area (TPSA) is 56.0 Å². The third kappa shape index (κ3) is 5.88. The van der Waals surface area contributed by atoms with E-state index in [0.29, 0.717) is 0 Å². The smallest absolute Gasteiger partial charge is 0.191 e. The lowest BCUT2D eigenvalue weighted by atomic mass is 10.2. The van der Waals surface area contributed by atoms with Gasteiger partial charge in [0.1, 0.15) is 5.76 Å². The Kier molecular flexibility index (Phi) is 7.42. The highest BCUT2D eigenvalue weighted by atomic mass is 16.3. The largest absolute Gasteiger partial charge is 0.468 e. The van der Waals surface area contributed by atoms with Gasteiger partial charge in [0.2, 0.25) is 0 Å². The lowest BCUT2D eigenvalue weighted by molar-refractivity contribution is 0.215. The normalized spacial score (nSPS) is 17.7. The highest BCUT2D eigenvalue weighted by Gasteiger charge is 2.25. The molecular formula is C17H31N5O. The molecule has 0 radical (unpaired) electrons. The van der Waals surface area contributed by atoms with E-state index in [2.05, 4.69) is 45.6 Å². The molecule has 1 atom stereocenters. The van der Waals surface area contributed by atoms with E-state index in [4.69, 9.17) is 4.42 Å². The van der Waals surface area contributed by atoms with Gasteiger partial charge in [0.15, 0.2) is 5.96 Å². The Labute approximate surface area is 139 Å². The van der Waals surface area contributed by atoms with E-state index in [1.807, 2.05) is 13.1 Å². The Balaban J connectivity index is 1.82. The number of hydrogen-bond donors (Lipinski definition) is 2. The first-order valence-corrected chi connectivity index (χ1v) is 8.57. The lowest BCUT2D eigenvalue weighted by Gasteiger charge is -2.26. The second-order valence-electron chi connectivity index (χ2n) is 6.31. The third-order valence-electron chi connectivity index (χ3n) is 4.21. The molecule has 0 amide bonds. The van der Waals surface area contributed by atoms with Crippen LogP contribution < -0.4 is 10.6 Å². The van der Waals surface area contributed by atoms with Crippen molar-refractivity contribution in [1.29, 1.82) is 0 Å². The molecule has 1 saturated heterocycles. The van der Waals surface area contributed by atoms with Crippen molar-refractivity contribution in [2.24, 2.45) is 4.99 Å². The Hall–Kier alpha value is -1.53. The van der Waals surface area contributed by atoms with Gasteiger partial charge in [-0.25, -0.2) is 0 Å². The number of nitrogens with one attached hydrogen (secondary N) is 2. The van der Waals surface area contributed by atoms with Crippen LogP contribution in [0.3, 0.4) is 0 Å². The Morgan fingerprint density at radius 3 is 2.74 bits per heavy atom. The van der Waals surface area contributed by atoms with Crippen LogP contribution in [0.5, 0.6) is 0 Å². The van der Waals surface area contributed by atoms with Crippen LogP contribution in [-0.2, 0) is 0 Å². The Morgan fingerprint density at radius 2 is 2.13 bits per heavy atom. The maximum absolute atomic E-state index is 5.65. The first kappa shape index (κ1) is 17.8. The molecule has 1 unspecified atom stereocenters. The van der Waals surface area contributed by atoms with Gasteiger partial charge in [-0.3, -0.25) is 9.89 Å². The molecule has 0 aliphatic carbocycles. The van der Waals surface area contributed by atoms with E-state index in [1.165, 1.54) is 12.8 Å². The van der Waals surface area contributed by atoms with Gasteiger partial charge in [0, 0.05) is 20.1 Å². The fourth-order valence-electron chi connectivity index (χ4n) is 2.96. The Bertz CT molecular complexity index is 452. The summed E-state index contributed by atoms with van der Waals surface area (Å²) in [7, 11) is 6.01. The van der Waals surface area contributed by atoms with Crippen molar-refractivity contribution in [2.45, 2.75) is 25.3 Å².